The van der Waals surface area contributed by atoms with E-state index >= 15 is 0 Å². The Balaban J connectivity index is 2.99. The lowest BCUT2D eigenvalue weighted by molar-refractivity contribution is 0.225. The summed E-state index contributed by atoms with van der Waals surface area (Å²) in [5, 5.41) is 0. The second kappa shape index (κ2) is 4.30. The predicted octanol–water partition coefficient (Wildman–Crippen LogP) is -0.979. The summed E-state index contributed by atoms with van der Waals surface area (Å²) >= 11 is 0. The third-order valence-electron chi connectivity index (χ3n) is 1.05. The maximum absolute atomic E-state index is 5.29. The molecule has 0 heterocycles. The van der Waals surface area contributed by atoms with Crippen molar-refractivity contribution in [2.24, 2.45) is 5.73 Å². The van der Waals surface area contributed by atoms with Gasteiger partial charge in [0.1, 0.15) is 10.5 Å². The highest BCUT2D eigenvalue weighted by atomic mass is 28.2. The van der Waals surface area contributed by atoms with Crippen molar-refractivity contribution in [2.75, 3.05) is 6.54 Å². The zero-order valence-electron chi connectivity index (χ0n) is 4.98. The molecule has 0 saturated carbocycles. The second-order valence-electron chi connectivity index (χ2n) is 1.50. The molecule has 0 bridgehead atoms. The summed E-state index contributed by atoms with van der Waals surface area (Å²) in [5.41, 5.74) is 5.29. The summed E-state index contributed by atoms with van der Waals surface area (Å²) in [6, 6.07) is 0. The third-order valence-corrected chi connectivity index (χ3v) is 1.72. The summed E-state index contributed by atoms with van der Waals surface area (Å²) in [6.07, 6.45) is 1.37. The number of hydrogen-bond acceptors (Lipinski definition) is 2. The average Bonchev–Trinajstić information content (AvgIpc) is 1.72. The molecule has 0 aromatic carbocycles. The lowest BCUT2D eigenvalue weighted by Gasteiger charge is -2.08. The van der Waals surface area contributed by atoms with Crippen LogP contribution >= 0.6 is 0 Å². The van der Waals surface area contributed by atoms with Crippen LogP contribution in [0.1, 0.15) is 13.3 Å². The van der Waals surface area contributed by atoms with Gasteiger partial charge in [-0.2, -0.15) is 0 Å². The zero-order valence-corrected chi connectivity index (χ0v) is 6.98. The van der Waals surface area contributed by atoms with Crippen LogP contribution in [0.5, 0.6) is 0 Å². The number of hydrogen-bond donors (Lipinski definition) is 1. The first-order valence-electron chi connectivity index (χ1n) is 2.58. The standard InChI is InChI=1S/C4H13NOSi/c1-2-4(3-5)6-7/h4H,2-3,5H2,1,7H3. The highest BCUT2D eigenvalue weighted by Crippen LogP contribution is 1.89. The molecule has 0 aromatic rings. The molecule has 0 aliphatic carbocycles. The van der Waals surface area contributed by atoms with Crippen molar-refractivity contribution in [1.29, 1.82) is 0 Å². The highest BCUT2D eigenvalue weighted by molar-refractivity contribution is 5.98. The van der Waals surface area contributed by atoms with Crippen molar-refractivity contribution < 1.29 is 4.43 Å². The van der Waals surface area contributed by atoms with Gasteiger partial charge in [-0.15, -0.1) is 0 Å². The monoisotopic (exact) mass is 119 g/mol. The quantitative estimate of drug-likeness (QED) is 0.485. The van der Waals surface area contributed by atoms with Crippen molar-refractivity contribution in [1.82, 2.24) is 0 Å². The van der Waals surface area contributed by atoms with Crippen LogP contribution < -0.4 is 5.73 Å². The van der Waals surface area contributed by atoms with Crippen molar-refractivity contribution in [3.63, 3.8) is 0 Å². The van der Waals surface area contributed by atoms with Gasteiger partial charge in [0, 0.05) is 6.54 Å². The fraction of sp³-hybridized carbons (Fsp3) is 1.00. The van der Waals surface area contributed by atoms with Crippen molar-refractivity contribution >= 4 is 10.5 Å². The van der Waals surface area contributed by atoms with Gasteiger partial charge in [-0.05, 0) is 6.42 Å². The Kier molecular flexibility index (Phi) is 4.38. The molecular weight excluding hydrogens is 106 g/mol. The normalized spacial score (nSPS) is 14.6. The first-order chi connectivity index (χ1) is 3.35. The Bertz CT molecular complexity index is 33.2. The van der Waals surface area contributed by atoms with E-state index in [4.69, 9.17) is 10.2 Å². The Morgan fingerprint density at radius 3 is 2.43 bits per heavy atom. The SMILES string of the molecule is CCC(CN)O[SiH3]. The van der Waals surface area contributed by atoms with E-state index in [1.807, 2.05) is 0 Å². The molecule has 7 heavy (non-hydrogen) atoms. The fourth-order valence-electron chi connectivity index (χ4n) is 0.430. The molecule has 0 saturated heterocycles. The van der Waals surface area contributed by atoms with Crippen LogP contribution in [0.2, 0.25) is 0 Å². The van der Waals surface area contributed by atoms with Crippen LogP contribution in [0.4, 0.5) is 0 Å². The van der Waals surface area contributed by atoms with Crippen molar-refractivity contribution in [3.05, 3.63) is 0 Å². The largest absolute Gasteiger partial charge is 0.424 e. The fourth-order valence-corrected chi connectivity index (χ4v) is 0.955. The lowest BCUT2D eigenvalue weighted by Crippen LogP contribution is -2.21. The molecule has 0 spiro atoms. The first-order valence-corrected chi connectivity index (χ1v) is 3.39. The molecule has 0 amide bonds. The van der Waals surface area contributed by atoms with Gasteiger partial charge in [0.05, 0.1) is 6.10 Å². The smallest absolute Gasteiger partial charge is 0.146 e. The molecule has 3 heteroatoms. The molecule has 0 aliphatic rings. The van der Waals surface area contributed by atoms with E-state index in [2.05, 4.69) is 6.92 Å². The molecule has 2 nitrogen and oxygen atoms in total. The molecule has 0 aromatic heterocycles. The van der Waals surface area contributed by atoms with E-state index in [0.29, 0.717) is 12.6 Å². The Morgan fingerprint density at radius 1 is 1.86 bits per heavy atom. The van der Waals surface area contributed by atoms with Crippen molar-refractivity contribution in [3.8, 4) is 0 Å². The van der Waals surface area contributed by atoms with E-state index in [0.717, 1.165) is 16.9 Å². The predicted molar refractivity (Wildman–Crippen MR) is 34.2 cm³/mol. The van der Waals surface area contributed by atoms with E-state index in [-0.39, 0.29) is 0 Å². The maximum atomic E-state index is 5.29. The Hall–Kier alpha value is 0.137. The van der Waals surface area contributed by atoms with E-state index in [9.17, 15) is 0 Å². The molecule has 0 aliphatic heterocycles. The zero-order chi connectivity index (χ0) is 5.70. The highest BCUT2D eigenvalue weighted by Gasteiger charge is 1.95. The van der Waals surface area contributed by atoms with Crippen LogP contribution in [0.3, 0.4) is 0 Å². The lowest BCUT2D eigenvalue weighted by atomic mass is 10.3. The molecule has 0 rings (SSSR count). The average molecular weight is 119 g/mol. The van der Waals surface area contributed by atoms with Gasteiger partial charge >= 0.3 is 0 Å². The molecule has 1 unspecified atom stereocenters. The number of rotatable bonds is 3. The minimum atomic E-state index is 0.326. The summed E-state index contributed by atoms with van der Waals surface area (Å²) in [6.45, 7) is 2.75. The van der Waals surface area contributed by atoms with Crippen LogP contribution in [-0.2, 0) is 4.43 Å². The second-order valence-corrected chi connectivity index (χ2v) is 1.97. The molecular formula is C4H13NOSi. The summed E-state index contributed by atoms with van der Waals surface area (Å²) in [4.78, 5) is 0. The van der Waals surface area contributed by atoms with Gasteiger partial charge < -0.3 is 10.2 Å². The molecule has 2 N–H and O–H groups in total. The van der Waals surface area contributed by atoms with E-state index in [1.54, 1.807) is 0 Å². The van der Waals surface area contributed by atoms with Gasteiger partial charge in [-0.1, -0.05) is 6.92 Å². The van der Waals surface area contributed by atoms with Crippen LogP contribution in [-0.4, -0.2) is 23.1 Å². The molecule has 1 atom stereocenters. The van der Waals surface area contributed by atoms with Crippen LogP contribution in [0, 0.1) is 0 Å². The van der Waals surface area contributed by atoms with Gasteiger partial charge in [0.25, 0.3) is 0 Å². The van der Waals surface area contributed by atoms with Crippen LogP contribution in [0.15, 0.2) is 0 Å². The molecule has 0 radical (unpaired) electrons. The summed E-state index contributed by atoms with van der Waals surface area (Å²) < 4.78 is 5.06. The minimum absolute atomic E-state index is 0.326. The first kappa shape index (κ1) is 7.14. The molecule has 0 fully saturated rings. The minimum Gasteiger partial charge on any atom is -0.424 e. The number of nitrogens with two attached hydrogens (primary N) is 1. The van der Waals surface area contributed by atoms with E-state index in [1.165, 1.54) is 0 Å². The third kappa shape index (κ3) is 2.79. The van der Waals surface area contributed by atoms with Gasteiger partial charge in [0.2, 0.25) is 0 Å². The summed E-state index contributed by atoms with van der Waals surface area (Å²) in [5.74, 6) is 0. The van der Waals surface area contributed by atoms with Gasteiger partial charge in [-0.25, -0.2) is 0 Å². The van der Waals surface area contributed by atoms with E-state index < -0.39 is 0 Å². The van der Waals surface area contributed by atoms with Gasteiger partial charge in [-0.3, -0.25) is 0 Å². The topological polar surface area (TPSA) is 35.2 Å². The molecule has 44 valence electrons. The summed E-state index contributed by atoms with van der Waals surface area (Å²) in [7, 11) is 0.812. The van der Waals surface area contributed by atoms with Crippen molar-refractivity contribution in [2.45, 2.75) is 19.4 Å². The van der Waals surface area contributed by atoms with Gasteiger partial charge in [0.15, 0.2) is 0 Å². The maximum Gasteiger partial charge on any atom is 0.146 e. The Labute approximate surface area is 47.6 Å². The van der Waals surface area contributed by atoms with Crippen LogP contribution in [0.25, 0.3) is 0 Å². The Morgan fingerprint density at radius 2 is 2.43 bits per heavy atom.